The van der Waals surface area contributed by atoms with Crippen LogP contribution in [0.25, 0.3) is 28.0 Å². The van der Waals surface area contributed by atoms with E-state index in [-0.39, 0.29) is 0 Å². The normalized spacial score (nSPS) is 11.2. The fourth-order valence-corrected chi connectivity index (χ4v) is 3.12. The molecule has 0 amide bonds. The lowest BCUT2D eigenvalue weighted by Gasteiger charge is -2.12. The molecule has 0 radical (unpaired) electrons. The largest absolute Gasteiger partial charge is 0.494 e. The van der Waals surface area contributed by atoms with Gasteiger partial charge >= 0.3 is 0 Å². The van der Waals surface area contributed by atoms with Crippen molar-refractivity contribution in [1.82, 2.24) is 35.0 Å². The van der Waals surface area contributed by atoms with Crippen molar-refractivity contribution in [2.45, 2.75) is 13.3 Å². The molecule has 3 aromatic heterocycles. The number of halogens is 1. The molecule has 0 unspecified atom stereocenters. The Morgan fingerprint density at radius 3 is 2.77 bits per heavy atom. The highest BCUT2D eigenvalue weighted by atomic mass is 35.5. The van der Waals surface area contributed by atoms with Crippen LogP contribution in [-0.2, 0) is 13.5 Å². The van der Waals surface area contributed by atoms with Crippen molar-refractivity contribution in [3.05, 3.63) is 41.3 Å². The molecule has 0 aliphatic carbocycles. The number of fused-ring (bicyclic) bond motifs is 1. The zero-order chi connectivity index (χ0) is 18.3. The molecule has 4 rings (SSSR count). The number of hydrogen-bond donors (Lipinski definition) is 0. The minimum Gasteiger partial charge on any atom is -0.494 e. The highest BCUT2D eigenvalue weighted by Gasteiger charge is 2.19. The van der Waals surface area contributed by atoms with Gasteiger partial charge in [0.05, 0.1) is 30.9 Å². The lowest BCUT2D eigenvalue weighted by Crippen LogP contribution is -2.02. The number of rotatable bonds is 4. The molecule has 0 bridgehead atoms. The summed E-state index contributed by atoms with van der Waals surface area (Å²) in [5.74, 6) is 1.10. The van der Waals surface area contributed by atoms with Gasteiger partial charge in [-0.25, -0.2) is 9.67 Å². The highest BCUT2D eigenvalue weighted by Crippen LogP contribution is 2.35. The van der Waals surface area contributed by atoms with Crippen molar-refractivity contribution in [1.29, 1.82) is 0 Å². The van der Waals surface area contributed by atoms with E-state index in [9.17, 15) is 0 Å². The maximum absolute atomic E-state index is 6.12. The molecule has 0 saturated heterocycles. The first-order chi connectivity index (χ1) is 12.6. The van der Waals surface area contributed by atoms with Gasteiger partial charge in [-0.15, -0.1) is 10.2 Å². The van der Waals surface area contributed by atoms with Crippen LogP contribution in [0.3, 0.4) is 0 Å². The number of hydrogen-bond acceptors (Lipinski definition) is 6. The minimum atomic E-state index is 0.409. The molecule has 0 atom stereocenters. The first-order valence-electron chi connectivity index (χ1n) is 8.07. The monoisotopic (exact) mass is 369 g/mol. The Kier molecular flexibility index (Phi) is 4.04. The van der Waals surface area contributed by atoms with Gasteiger partial charge in [-0.3, -0.25) is 0 Å². The molecular weight excluding hydrogens is 354 g/mol. The van der Waals surface area contributed by atoms with Gasteiger partial charge in [-0.2, -0.15) is 9.90 Å². The molecule has 4 aromatic rings. The van der Waals surface area contributed by atoms with Crippen molar-refractivity contribution < 1.29 is 4.74 Å². The zero-order valence-corrected chi connectivity index (χ0v) is 15.3. The van der Waals surface area contributed by atoms with Gasteiger partial charge in [0.25, 0.3) is 0 Å². The molecule has 0 aliphatic heterocycles. The summed E-state index contributed by atoms with van der Waals surface area (Å²) < 4.78 is 7.51. The quantitative estimate of drug-likeness (QED) is 0.514. The molecule has 0 fully saturated rings. The second-order valence-electron chi connectivity index (χ2n) is 5.70. The van der Waals surface area contributed by atoms with E-state index >= 15 is 0 Å². The first kappa shape index (κ1) is 16.5. The number of ether oxygens (including phenoxy) is 1. The third-order valence-electron chi connectivity index (χ3n) is 4.12. The van der Waals surface area contributed by atoms with Crippen LogP contribution in [-0.4, -0.2) is 42.1 Å². The zero-order valence-electron chi connectivity index (χ0n) is 14.5. The Balaban J connectivity index is 1.99. The SMILES string of the molecule is CCc1nn(-c2cccc(-c3nnn(C)n3)c2OC)c2cc(Cl)ncc12. The van der Waals surface area contributed by atoms with Crippen LogP contribution in [0.4, 0.5) is 0 Å². The fraction of sp³-hybridized carbons (Fsp3) is 0.235. The number of para-hydroxylation sites is 1. The molecule has 0 saturated carbocycles. The van der Waals surface area contributed by atoms with Crippen LogP contribution in [0.1, 0.15) is 12.6 Å². The Hall–Kier alpha value is -3.00. The molecule has 0 N–H and O–H groups in total. The number of tetrazole rings is 1. The van der Waals surface area contributed by atoms with Crippen LogP contribution in [0, 0.1) is 0 Å². The van der Waals surface area contributed by atoms with Crippen molar-refractivity contribution in [3.8, 4) is 22.8 Å². The van der Waals surface area contributed by atoms with Crippen LogP contribution < -0.4 is 4.74 Å². The van der Waals surface area contributed by atoms with E-state index in [1.165, 1.54) is 4.80 Å². The van der Waals surface area contributed by atoms with Crippen molar-refractivity contribution in [2.24, 2.45) is 7.05 Å². The molecule has 1 aromatic carbocycles. The second kappa shape index (κ2) is 6.38. The standard InChI is InChI=1S/C17H16ClN7O/c1-4-12-11-9-19-15(18)8-14(11)25(21-12)13-7-5-6-10(16(13)26-3)17-20-23-24(2)22-17/h5-9H,4H2,1-3H3. The van der Waals surface area contributed by atoms with Crippen LogP contribution >= 0.6 is 11.6 Å². The van der Waals surface area contributed by atoms with Crippen LogP contribution in [0.15, 0.2) is 30.5 Å². The lowest BCUT2D eigenvalue weighted by molar-refractivity contribution is 0.413. The summed E-state index contributed by atoms with van der Waals surface area (Å²) >= 11 is 6.12. The summed E-state index contributed by atoms with van der Waals surface area (Å²) in [6.45, 7) is 2.05. The van der Waals surface area contributed by atoms with Gasteiger partial charge in [0.2, 0.25) is 5.82 Å². The first-order valence-corrected chi connectivity index (χ1v) is 8.45. The summed E-state index contributed by atoms with van der Waals surface area (Å²) in [7, 11) is 3.33. The van der Waals surface area contributed by atoms with Gasteiger partial charge < -0.3 is 4.74 Å². The van der Waals surface area contributed by atoms with Gasteiger partial charge in [0.15, 0.2) is 5.75 Å². The van der Waals surface area contributed by atoms with Gasteiger partial charge in [0.1, 0.15) is 10.8 Å². The van der Waals surface area contributed by atoms with Crippen molar-refractivity contribution >= 4 is 22.5 Å². The summed E-state index contributed by atoms with van der Waals surface area (Å²) in [4.78, 5) is 5.59. The van der Waals surface area contributed by atoms with E-state index in [2.05, 4.69) is 27.3 Å². The number of aryl methyl sites for hydroxylation is 2. The molecule has 8 nitrogen and oxygen atoms in total. The van der Waals surface area contributed by atoms with E-state index in [4.69, 9.17) is 21.4 Å². The minimum absolute atomic E-state index is 0.409. The van der Waals surface area contributed by atoms with E-state index in [0.717, 1.165) is 34.3 Å². The number of benzene rings is 1. The van der Waals surface area contributed by atoms with E-state index in [0.29, 0.717) is 16.7 Å². The lowest BCUT2D eigenvalue weighted by atomic mass is 10.1. The molecule has 26 heavy (non-hydrogen) atoms. The molecule has 132 valence electrons. The molecule has 3 heterocycles. The average Bonchev–Trinajstić information content (AvgIpc) is 3.24. The molecule has 0 spiro atoms. The predicted octanol–water partition coefficient (Wildman–Crippen LogP) is 2.84. The number of nitrogens with zero attached hydrogens (tertiary/aromatic N) is 7. The smallest absolute Gasteiger partial charge is 0.208 e. The van der Waals surface area contributed by atoms with Crippen LogP contribution in [0.2, 0.25) is 5.15 Å². The average molecular weight is 370 g/mol. The van der Waals surface area contributed by atoms with Gasteiger partial charge in [-0.1, -0.05) is 24.6 Å². The predicted molar refractivity (Wildman–Crippen MR) is 97.6 cm³/mol. The van der Waals surface area contributed by atoms with E-state index in [1.54, 1.807) is 26.4 Å². The third kappa shape index (κ3) is 2.59. The van der Waals surface area contributed by atoms with Gasteiger partial charge in [-0.05, 0) is 23.8 Å². The Labute approximate surface area is 154 Å². The summed E-state index contributed by atoms with van der Waals surface area (Å²) in [5, 5.41) is 18.4. The summed E-state index contributed by atoms with van der Waals surface area (Å²) in [5.41, 5.74) is 3.31. The summed E-state index contributed by atoms with van der Waals surface area (Å²) in [6, 6.07) is 7.53. The third-order valence-corrected chi connectivity index (χ3v) is 4.33. The number of methoxy groups -OCH3 is 1. The van der Waals surface area contributed by atoms with Crippen LogP contribution in [0.5, 0.6) is 5.75 Å². The van der Waals surface area contributed by atoms with Gasteiger partial charge in [0, 0.05) is 17.6 Å². The maximum atomic E-state index is 6.12. The molecule has 0 aliphatic rings. The Bertz CT molecular complexity index is 1100. The Morgan fingerprint density at radius 2 is 2.08 bits per heavy atom. The summed E-state index contributed by atoms with van der Waals surface area (Å²) in [6.07, 6.45) is 2.53. The van der Waals surface area contributed by atoms with Crippen molar-refractivity contribution in [3.63, 3.8) is 0 Å². The fourth-order valence-electron chi connectivity index (χ4n) is 2.97. The van der Waals surface area contributed by atoms with Crippen molar-refractivity contribution in [2.75, 3.05) is 7.11 Å². The van der Waals surface area contributed by atoms with E-state index in [1.807, 2.05) is 22.9 Å². The number of pyridine rings is 1. The highest BCUT2D eigenvalue weighted by molar-refractivity contribution is 6.30. The molecular formula is C17H16ClN7O. The maximum Gasteiger partial charge on any atom is 0.208 e. The second-order valence-corrected chi connectivity index (χ2v) is 6.08. The molecule has 9 heteroatoms. The number of aromatic nitrogens is 7. The topological polar surface area (TPSA) is 83.5 Å². The Morgan fingerprint density at radius 1 is 1.23 bits per heavy atom. The van der Waals surface area contributed by atoms with E-state index < -0.39 is 0 Å².